The molecule has 32 heavy (non-hydrogen) atoms. The Balaban J connectivity index is 1.35. The van der Waals surface area contributed by atoms with Gasteiger partial charge in [-0.2, -0.15) is 5.26 Å². The summed E-state index contributed by atoms with van der Waals surface area (Å²) in [6.45, 7) is 5.20. The molecular formula is C26H29N5O. The number of benzene rings is 1. The van der Waals surface area contributed by atoms with E-state index in [1.165, 1.54) is 32.1 Å². The Morgan fingerprint density at radius 3 is 2.38 bits per heavy atom. The number of piperazine rings is 1. The lowest BCUT2D eigenvalue weighted by molar-refractivity contribution is 0.101. The lowest BCUT2D eigenvalue weighted by atomic mass is 9.95. The number of carbonyl (C=O) groups is 1. The highest BCUT2D eigenvalue weighted by Gasteiger charge is 2.22. The Bertz CT molecular complexity index is 1160. The molecule has 2 fully saturated rings. The van der Waals surface area contributed by atoms with Crippen LogP contribution in [-0.4, -0.2) is 41.5 Å². The first-order valence-electron chi connectivity index (χ1n) is 11.7. The molecule has 0 radical (unpaired) electrons. The minimum Gasteiger partial charge on any atom is -0.368 e. The fourth-order valence-corrected chi connectivity index (χ4v) is 5.16. The number of nitrogens with zero attached hydrogens (tertiary/aromatic N) is 5. The molecule has 164 valence electrons. The van der Waals surface area contributed by atoms with Crippen molar-refractivity contribution in [3.8, 4) is 6.07 Å². The molecule has 1 aliphatic carbocycles. The van der Waals surface area contributed by atoms with Gasteiger partial charge in [-0.05, 0) is 44.0 Å². The molecule has 0 unspecified atom stereocenters. The molecule has 0 N–H and O–H groups in total. The van der Waals surface area contributed by atoms with E-state index in [0.717, 1.165) is 59.7 Å². The third-order valence-electron chi connectivity index (χ3n) is 7.04. The largest absolute Gasteiger partial charge is 0.368 e. The second kappa shape index (κ2) is 8.66. The van der Waals surface area contributed by atoms with Gasteiger partial charge in [0, 0.05) is 67.3 Å². The van der Waals surface area contributed by atoms with Crippen molar-refractivity contribution in [3.05, 3.63) is 53.9 Å². The number of aromatic nitrogens is 2. The molecule has 6 nitrogen and oxygen atoms in total. The lowest BCUT2D eigenvalue weighted by Gasteiger charge is -2.37. The third-order valence-corrected chi connectivity index (χ3v) is 7.04. The van der Waals surface area contributed by atoms with Crippen molar-refractivity contribution in [1.82, 2.24) is 9.55 Å². The van der Waals surface area contributed by atoms with E-state index in [4.69, 9.17) is 4.98 Å². The highest BCUT2D eigenvalue weighted by Crippen LogP contribution is 2.34. The first-order valence-corrected chi connectivity index (χ1v) is 11.7. The van der Waals surface area contributed by atoms with Crippen LogP contribution in [0.4, 0.5) is 11.5 Å². The number of Topliss-reactive ketones (excluding diaryl/α,β-unsaturated/α-hetero) is 1. The summed E-state index contributed by atoms with van der Waals surface area (Å²) < 4.78 is 2.34. The van der Waals surface area contributed by atoms with Gasteiger partial charge in [0.05, 0.1) is 11.1 Å². The number of pyridine rings is 1. The van der Waals surface area contributed by atoms with Crippen LogP contribution in [0.25, 0.3) is 10.9 Å². The maximum atomic E-state index is 11.5. The number of fused-ring (bicyclic) bond motifs is 1. The second-order valence-electron chi connectivity index (χ2n) is 8.99. The number of hydrogen-bond acceptors (Lipinski definition) is 5. The van der Waals surface area contributed by atoms with Crippen LogP contribution in [0.3, 0.4) is 0 Å². The second-order valence-corrected chi connectivity index (χ2v) is 8.99. The van der Waals surface area contributed by atoms with Gasteiger partial charge in [-0.25, -0.2) is 4.98 Å². The molecule has 0 spiro atoms. The fourth-order valence-electron chi connectivity index (χ4n) is 5.16. The predicted molar refractivity (Wildman–Crippen MR) is 127 cm³/mol. The van der Waals surface area contributed by atoms with Gasteiger partial charge in [-0.15, -0.1) is 0 Å². The zero-order valence-corrected chi connectivity index (χ0v) is 18.6. The SMILES string of the molecule is CC(=O)c1ccc(N2CCN(c3cc4c(cn3)c(C#N)cn4C3CCCCC3)CC2)cc1. The van der Waals surface area contributed by atoms with Gasteiger partial charge in [0.1, 0.15) is 11.9 Å². The summed E-state index contributed by atoms with van der Waals surface area (Å²) in [5, 5.41) is 10.6. The fraction of sp³-hybridized carbons (Fsp3) is 0.423. The zero-order chi connectivity index (χ0) is 22.1. The highest BCUT2D eigenvalue weighted by atomic mass is 16.1. The maximum Gasteiger partial charge on any atom is 0.159 e. The first-order chi connectivity index (χ1) is 15.6. The minimum atomic E-state index is 0.0976. The van der Waals surface area contributed by atoms with Crippen LogP contribution in [0.5, 0.6) is 0 Å². The molecule has 1 aliphatic heterocycles. The molecule has 3 aromatic rings. The van der Waals surface area contributed by atoms with Crippen LogP contribution in [-0.2, 0) is 0 Å². The quantitative estimate of drug-likeness (QED) is 0.552. The number of ketones is 1. The molecule has 3 heterocycles. The molecule has 6 heteroatoms. The Morgan fingerprint density at radius 1 is 1.03 bits per heavy atom. The van der Waals surface area contributed by atoms with Crippen molar-refractivity contribution >= 4 is 28.2 Å². The number of anilines is 2. The minimum absolute atomic E-state index is 0.0976. The van der Waals surface area contributed by atoms with E-state index in [1.54, 1.807) is 6.92 Å². The van der Waals surface area contributed by atoms with Crippen LogP contribution in [0.1, 0.15) is 61.0 Å². The van der Waals surface area contributed by atoms with Gasteiger partial charge in [0.15, 0.2) is 5.78 Å². The molecule has 0 amide bonds. The van der Waals surface area contributed by atoms with Crippen LogP contribution in [0.15, 0.2) is 42.7 Å². The number of nitriles is 1. The summed E-state index contributed by atoms with van der Waals surface area (Å²) in [5.41, 5.74) is 3.77. The normalized spacial score (nSPS) is 17.5. The maximum absolute atomic E-state index is 11.5. The molecular weight excluding hydrogens is 398 g/mol. The van der Waals surface area contributed by atoms with Gasteiger partial charge < -0.3 is 14.4 Å². The van der Waals surface area contributed by atoms with E-state index in [9.17, 15) is 10.1 Å². The predicted octanol–water partition coefficient (Wildman–Crippen LogP) is 4.94. The lowest BCUT2D eigenvalue weighted by Crippen LogP contribution is -2.46. The van der Waals surface area contributed by atoms with Gasteiger partial charge in [0.25, 0.3) is 0 Å². The smallest absolute Gasteiger partial charge is 0.159 e. The molecule has 2 aliphatic rings. The van der Waals surface area contributed by atoms with Crippen molar-refractivity contribution in [2.45, 2.75) is 45.1 Å². The number of hydrogen-bond donors (Lipinski definition) is 0. The topological polar surface area (TPSA) is 65.2 Å². The van der Waals surface area contributed by atoms with Crippen molar-refractivity contribution in [2.24, 2.45) is 0 Å². The zero-order valence-electron chi connectivity index (χ0n) is 18.6. The van der Waals surface area contributed by atoms with E-state index in [1.807, 2.05) is 36.7 Å². The van der Waals surface area contributed by atoms with Crippen LogP contribution < -0.4 is 9.80 Å². The highest BCUT2D eigenvalue weighted by molar-refractivity contribution is 5.94. The third kappa shape index (κ3) is 3.84. The van der Waals surface area contributed by atoms with E-state index in [-0.39, 0.29) is 5.78 Å². The summed E-state index contributed by atoms with van der Waals surface area (Å²) >= 11 is 0. The van der Waals surface area contributed by atoms with Gasteiger partial charge >= 0.3 is 0 Å². The van der Waals surface area contributed by atoms with Crippen LogP contribution in [0, 0.1) is 11.3 Å². The molecule has 1 aromatic carbocycles. The molecule has 2 aromatic heterocycles. The summed E-state index contributed by atoms with van der Waals surface area (Å²) in [5.74, 6) is 1.09. The van der Waals surface area contributed by atoms with E-state index >= 15 is 0 Å². The van der Waals surface area contributed by atoms with E-state index in [2.05, 4.69) is 26.5 Å². The Hall–Kier alpha value is -3.33. The standard InChI is InChI=1S/C26H29N5O/c1-19(32)20-7-9-22(10-8-20)29-11-13-30(14-12-29)26-15-25-24(17-28-26)21(16-27)18-31(25)23-5-3-2-4-6-23/h7-10,15,17-18,23H,2-6,11-14H2,1H3. The Kier molecular flexibility index (Phi) is 5.57. The van der Waals surface area contributed by atoms with E-state index in [0.29, 0.717) is 6.04 Å². The summed E-state index contributed by atoms with van der Waals surface area (Å²) in [6.07, 6.45) is 10.1. The molecule has 1 saturated carbocycles. The van der Waals surface area contributed by atoms with E-state index < -0.39 is 0 Å². The average Bonchev–Trinajstić information content (AvgIpc) is 3.23. The summed E-state index contributed by atoms with van der Waals surface area (Å²) in [4.78, 5) is 21.0. The molecule has 1 saturated heterocycles. The monoisotopic (exact) mass is 427 g/mol. The molecule has 0 atom stereocenters. The van der Waals surface area contributed by atoms with Crippen LogP contribution in [0.2, 0.25) is 0 Å². The Labute approximate surface area is 189 Å². The van der Waals surface area contributed by atoms with Crippen molar-refractivity contribution in [3.63, 3.8) is 0 Å². The van der Waals surface area contributed by atoms with Crippen LogP contribution >= 0.6 is 0 Å². The van der Waals surface area contributed by atoms with Crippen molar-refractivity contribution in [2.75, 3.05) is 36.0 Å². The Morgan fingerprint density at radius 2 is 1.72 bits per heavy atom. The summed E-state index contributed by atoms with van der Waals surface area (Å²) in [7, 11) is 0. The summed E-state index contributed by atoms with van der Waals surface area (Å²) in [6, 6.07) is 12.9. The van der Waals surface area contributed by atoms with Gasteiger partial charge in [-0.1, -0.05) is 19.3 Å². The molecule has 0 bridgehead atoms. The number of carbonyl (C=O) groups excluding carboxylic acids is 1. The molecule has 5 rings (SSSR count). The van der Waals surface area contributed by atoms with Gasteiger partial charge in [0.2, 0.25) is 0 Å². The van der Waals surface area contributed by atoms with Gasteiger partial charge in [-0.3, -0.25) is 4.79 Å². The average molecular weight is 428 g/mol. The van der Waals surface area contributed by atoms with Crippen molar-refractivity contribution < 1.29 is 4.79 Å². The number of rotatable bonds is 4. The van der Waals surface area contributed by atoms with Crippen molar-refractivity contribution in [1.29, 1.82) is 5.26 Å². The first kappa shape index (κ1) is 20.6.